The molecule has 2 nitrogen and oxygen atoms in total. The van der Waals surface area contributed by atoms with E-state index in [4.69, 9.17) is 4.74 Å². The molecule has 0 radical (unpaired) electrons. The van der Waals surface area contributed by atoms with Gasteiger partial charge in [-0.05, 0) is 32.9 Å². The zero-order valence-electron chi connectivity index (χ0n) is 8.70. The van der Waals surface area contributed by atoms with E-state index in [0.717, 1.165) is 0 Å². The van der Waals surface area contributed by atoms with Crippen molar-refractivity contribution < 1.29 is 9.53 Å². The van der Waals surface area contributed by atoms with Crippen LogP contribution in [0.2, 0.25) is 0 Å². The average molecular weight is 190 g/mol. The average Bonchev–Trinajstić information content (AvgIpc) is 2.15. The molecule has 74 valence electrons. The molecule has 14 heavy (non-hydrogen) atoms. The highest BCUT2D eigenvalue weighted by Crippen LogP contribution is 2.37. The Morgan fingerprint density at radius 3 is 2.64 bits per heavy atom. The largest absolute Gasteiger partial charge is 0.489 e. The van der Waals surface area contributed by atoms with E-state index in [-0.39, 0.29) is 11.9 Å². The van der Waals surface area contributed by atoms with Gasteiger partial charge < -0.3 is 4.74 Å². The summed E-state index contributed by atoms with van der Waals surface area (Å²) in [7, 11) is 0. The minimum absolute atomic E-state index is 0.0649. The predicted octanol–water partition coefficient (Wildman–Crippen LogP) is 2.68. The number of para-hydroxylation sites is 1. The zero-order valence-corrected chi connectivity index (χ0v) is 8.70. The van der Waals surface area contributed by atoms with Crippen LogP contribution >= 0.6 is 0 Å². The molecule has 1 heterocycles. The summed E-state index contributed by atoms with van der Waals surface area (Å²) in [4.78, 5) is 12.1. The third kappa shape index (κ3) is 1.14. The van der Waals surface area contributed by atoms with Crippen molar-refractivity contribution in [3.8, 4) is 5.75 Å². The van der Waals surface area contributed by atoms with Gasteiger partial charge in [-0.25, -0.2) is 0 Å². The van der Waals surface area contributed by atoms with Gasteiger partial charge >= 0.3 is 0 Å². The third-order valence-corrected chi connectivity index (χ3v) is 3.04. The number of carbonyl (C=O) groups is 1. The fourth-order valence-electron chi connectivity index (χ4n) is 1.63. The number of benzene rings is 1. The lowest BCUT2D eigenvalue weighted by Crippen LogP contribution is -2.42. The van der Waals surface area contributed by atoms with Crippen LogP contribution in [0.15, 0.2) is 24.3 Å². The second-order valence-electron chi connectivity index (χ2n) is 4.31. The van der Waals surface area contributed by atoms with Crippen molar-refractivity contribution in [3.63, 3.8) is 0 Å². The molecule has 0 saturated heterocycles. The lowest BCUT2D eigenvalue weighted by molar-refractivity contribution is 0.0462. The fourth-order valence-corrected chi connectivity index (χ4v) is 1.63. The fraction of sp³-hybridized carbons (Fsp3) is 0.417. The third-order valence-electron chi connectivity index (χ3n) is 3.04. The first kappa shape index (κ1) is 9.25. The topological polar surface area (TPSA) is 26.3 Å². The van der Waals surface area contributed by atoms with Crippen molar-refractivity contribution in [2.75, 3.05) is 0 Å². The lowest BCUT2D eigenvalue weighted by Gasteiger charge is -2.36. The van der Waals surface area contributed by atoms with Gasteiger partial charge in [0.25, 0.3) is 0 Å². The van der Waals surface area contributed by atoms with E-state index in [1.807, 2.05) is 45.0 Å². The minimum atomic E-state index is -0.422. The summed E-state index contributed by atoms with van der Waals surface area (Å²) in [5, 5.41) is 0. The van der Waals surface area contributed by atoms with Gasteiger partial charge in [-0.1, -0.05) is 12.1 Å². The molecule has 1 aliphatic rings. The molecule has 1 aromatic carbocycles. The summed E-state index contributed by atoms with van der Waals surface area (Å²) >= 11 is 0. The molecule has 0 fully saturated rings. The van der Waals surface area contributed by atoms with Gasteiger partial charge in [-0.3, -0.25) is 4.79 Å². The number of ether oxygens (including phenoxy) is 1. The summed E-state index contributed by atoms with van der Waals surface area (Å²) < 4.78 is 5.70. The molecule has 0 saturated carbocycles. The Bertz CT molecular complexity index is 380. The smallest absolute Gasteiger partial charge is 0.175 e. The molecule has 0 aliphatic carbocycles. The van der Waals surface area contributed by atoms with Gasteiger partial charge in [-0.2, -0.15) is 0 Å². The Hall–Kier alpha value is -1.31. The van der Waals surface area contributed by atoms with Gasteiger partial charge in [0.05, 0.1) is 11.0 Å². The van der Waals surface area contributed by atoms with Gasteiger partial charge in [0.1, 0.15) is 11.9 Å². The molecule has 0 bridgehead atoms. The molecule has 0 aromatic heterocycles. The molecular formula is C12H14O2. The Balaban J connectivity index is 2.55. The molecule has 1 atom stereocenters. The van der Waals surface area contributed by atoms with E-state index in [9.17, 15) is 4.79 Å². The Morgan fingerprint density at radius 1 is 1.29 bits per heavy atom. The van der Waals surface area contributed by atoms with E-state index < -0.39 is 5.41 Å². The van der Waals surface area contributed by atoms with Crippen LogP contribution in [0.3, 0.4) is 0 Å². The maximum atomic E-state index is 12.1. The van der Waals surface area contributed by atoms with Crippen LogP contribution < -0.4 is 4.74 Å². The Labute approximate surface area is 83.9 Å². The summed E-state index contributed by atoms with van der Waals surface area (Å²) in [6, 6.07) is 7.42. The maximum Gasteiger partial charge on any atom is 0.175 e. The SMILES string of the molecule is CC1Oc2ccccc2C(=O)C1(C)C. The molecule has 0 N–H and O–H groups in total. The van der Waals surface area contributed by atoms with Crippen molar-refractivity contribution in [1.29, 1.82) is 0 Å². The molecule has 1 aliphatic heterocycles. The second kappa shape index (κ2) is 2.84. The number of hydrogen-bond donors (Lipinski definition) is 0. The molecule has 2 rings (SSSR count). The summed E-state index contributed by atoms with van der Waals surface area (Å²) in [5.41, 5.74) is 0.282. The van der Waals surface area contributed by atoms with Gasteiger partial charge in [0.15, 0.2) is 5.78 Å². The van der Waals surface area contributed by atoms with E-state index >= 15 is 0 Å². The van der Waals surface area contributed by atoms with Crippen LogP contribution in [0.5, 0.6) is 5.75 Å². The molecule has 1 aromatic rings. The number of Topliss-reactive ketones (excluding diaryl/α,β-unsaturated/α-hetero) is 1. The Kier molecular flexibility index (Phi) is 1.88. The summed E-state index contributed by atoms with van der Waals surface area (Å²) in [5.74, 6) is 0.885. The Morgan fingerprint density at radius 2 is 1.93 bits per heavy atom. The maximum absolute atomic E-state index is 12.1. The molecule has 0 amide bonds. The molecule has 2 heteroatoms. The highest BCUT2D eigenvalue weighted by molar-refractivity contribution is 6.03. The monoisotopic (exact) mass is 190 g/mol. The molecule has 1 unspecified atom stereocenters. The van der Waals surface area contributed by atoms with Crippen LogP contribution in [-0.4, -0.2) is 11.9 Å². The molecule has 0 spiro atoms. The van der Waals surface area contributed by atoms with Gasteiger partial charge in [-0.15, -0.1) is 0 Å². The van der Waals surface area contributed by atoms with Crippen LogP contribution in [-0.2, 0) is 0 Å². The van der Waals surface area contributed by atoms with Crippen LogP contribution in [0.1, 0.15) is 31.1 Å². The van der Waals surface area contributed by atoms with Crippen molar-refractivity contribution >= 4 is 5.78 Å². The van der Waals surface area contributed by atoms with Crippen LogP contribution in [0.25, 0.3) is 0 Å². The minimum Gasteiger partial charge on any atom is -0.489 e. The molecular weight excluding hydrogens is 176 g/mol. The first-order chi connectivity index (χ1) is 6.53. The van der Waals surface area contributed by atoms with Crippen LogP contribution in [0, 0.1) is 5.41 Å². The van der Waals surface area contributed by atoms with Gasteiger partial charge in [0, 0.05) is 0 Å². The van der Waals surface area contributed by atoms with Gasteiger partial charge in [0.2, 0.25) is 0 Å². The first-order valence-corrected chi connectivity index (χ1v) is 4.84. The number of carbonyl (C=O) groups excluding carboxylic acids is 1. The number of hydrogen-bond acceptors (Lipinski definition) is 2. The number of rotatable bonds is 0. The zero-order chi connectivity index (χ0) is 10.3. The number of fused-ring (bicyclic) bond motifs is 1. The van der Waals surface area contributed by atoms with Crippen molar-refractivity contribution in [2.45, 2.75) is 26.9 Å². The lowest BCUT2D eigenvalue weighted by atomic mass is 9.78. The van der Waals surface area contributed by atoms with E-state index in [2.05, 4.69) is 0 Å². The predicted molar refractivity (Wildman–Crippen MR) is 54.6 cm³/mol. The van der Waals surface area contributed by atoms with Crippen molar-refractivity contribution in [1.82, 2.24) is 0 Å². The highest BCUT2D eigenvalue weighted by atomic mass is 16.5. The summed E-state index contributed by atoms with van der Waals surface area (Å²) in [6.07, 6.45) is -0.0649. The van der Waals surface area contributed by atoms with Crippen LogP contribution in [0.4, 0.5) is 0 Å². The van der Waals surface area contributed by atoms with E-state index in [1.165, 1.54) is 0 Å². The number of ketones is 1. The van der Waals surface area contributed by atoms with E-state index in [1.54, 1.807) is 0 Å². The van der Waals surface area contributed by atoms with Crippen molar-refractivity contribution in [2.24, 2.45) is 5.41 Å². The standard InChI is InChI=1S/C12H14O2/c1-8-12(2,3)11(13)9-6-4-5-7-10(9)14-8/h4-8H,1-3H3. The second-order valence-corrected chi connectivity index (χ2v) is 4.31. The summed E-state index contributed by atoms with van der Waals surface area (Å²) in [6.45, 7) is 5.79. The first-order valence-electron chi connectivity index (χ1n) is 4.84. The quantitative estimate of drug-likeness (QED) is 0.628. The highest BCUT2D eigenvalue weighted by Gasteiger charge is 2.41. The van der Waals surface area contributed by atoms with Crippen molar-refractivity contribution in [3.05, 3.63) is 29.8 Å². The van der Waals surface area contributed by atoms with E-state index in [0.29, 0.717) is 11.3 Å². The normalized spacial score (nSPS) is 23.9.